The van der Waals surface area contributed by atoms with Crippen LogP contribution in [0.2, 0.25) is 0 Å². The molecule has 1 N–H and O–H groups in total. The Morgan fingerprint density at radius 1 is 1.04 bits per heavy atom. The molecule has 140 valence electrons. The number of nitrogens with zero attached hydrogens (tertiary/aromatic N) is 2. The van der Waals surface area contributed by atoms with Crippen LogP contribution in [0.3, 0.4) is 0 Å². The molecule has 3 aromatic rings. The largest absolute Gasteiger partial charge is 0.497 e. The van der Waals surface area contributed by atoms with E-state index in [1.54, 1.807) is 36.3 Å². The molecule has 0 spiro atoms. The number of nitrogens with one attached hydrogen (secondary N) is 1. The second-order valence-electron chi connectivity index (χ2n) is 6.47. The van der Waals surface area contributed by atoms with Crippen LogP contribution in [-0.4, -0.2) is 18.9 Å². The van der Waals surface area contributed by atoms with Crippen LogP contribution in [0, 0.1) is 0 Å². The minimum Gasteiger partial charge on any atom is -0.497 e. The van der Waals surface area contributed by atoms with E-state index in [0.29, 0.717) is 17.1 Å². The Labute approximate surface area is 163 Å². The lowest BCUT2D eigenvalue weighted by Gasteiger charge is -2.32. The van der Waals surface area contributed by atoms with Crippen molar-refractivity contribution in [2.24, 2.45) is 0 Å². The molecule has 2 amide bonds. The minimum absolute atomic E-state index is 0.151. The van der Waals surface area contributed by atoms with Crippen molar-refractivity contribution in [2.45, 2.75) is 12.6 Å². The van der Waals surface area contributed by atoms with Crippen molar-refractivity contribution in [1.29, 1.82) is 0 Å². The maximum Gasteiger partial charge on any atom is 0.294 e. The van der Waals surface area contributed by atoms with Crippen molar-refractivity contribution in [3.63, 3.8) is 0 Å². The number of carbonyl (C=O) groups is 2. The number of pyridine rings is 1. The fraction of sp³-hybridized carbons (Fsp3) is 0.136. The van der Waals surface area contributed by atoms with E-state index in [9.17, 15) is 9.59 Å². The number of aromatic nitrogens is 1. The molecule has 0 saturated heterocycles. The van der Waals surface area contributed by atoms with Crippen LogP contribution in [0.1, 0.15) is 11.7 Å². The van der Waals surface area contributed by atoms with Gasteiger partial charge in [-0.05, 0) is 36.4 Å². The number of para-hydroxylation sites is 1. The third-order valence-corrected chi connectivity index (χ3v) is 4.73. The van der Waals surface area contributed by atoms with E-state index < -0.39 is 6.04 Å². The summed E-state index contributed by atoms with van der Waals surface area (Å²) in [4.78, 5) is 27.8. The molecule has 0 fully saturated rings. The molecule has 1 unspecified atom stereocenters. The van der Waals surface area contributed by atoms with Crippen molar-refractivity contribution in [3.05, 3.63) is 84.7 Å². The number of benzene rings is 2. The van der Waals surface area contributed by atoms with Crippen molar-refractivity contribution in [1.82, 2.24) is 0 Å². The van der Waals surface area contributed by atoms with Crippen LogP contribution in [-0.2, 0) is 16.1 Å². The molecule has 6 nitrogen and oxygen atoms in total. The zero-order chi connectivity index (χ0) is 19.5. The van der Waals surface area contributed by atoms with Crippen molar-refractivity contribution in [2.75, 3.05) is 17.3 Å². The number of hydrogen-bond donors (Lipinski definition) is 1. The van der Waals surface area contributed by atoms with E-state index in [1.165, 1.54) is 0 Å². The number of hydrogen-bond acceptors (Lipinski definition) is 3. The molecule has 0 bridgehead atoms. The van der Waals surface area contributed by atoms with E-state index in [4.69, 9.17) is 4.74 Å². The standard InChI is InChI=1S/C22H19N3O3/c1-28-18-12-10-17(11-13-18)25-20(26)15-24-14-6-5-9-19(24)21(25)22(27)23-16-7-3-2-4-8-16/h2-14,21H,15H2,1H3/p+1. The van der Waals surface area contributed by atoms with Crippen LogP contribution >= 0.6 is 0 Å². The lowest BCUT2D eigenvalue weighted by molar-refractivity contribution is -0.695. The quantitative estimate of drug-likeness (QED) is 0.715. The van der Waals surface area contributed by atoms with E-state index in [-0.39, 0.29) is 18.4 Å². The third-order valence-electron chi connectivity index (χ3n) is 4.73. The first-order valence-electron chi connectivity index (χ1n) is 8.98. The highest BCUT2D eigenvalue weighted by Gasteiger charge is 2.43. The Morgan fingerprint density at radius 2 is 1.75 bits per heavy atom. The van der Waals surface area contributed by atoms with Crippen molar-refractivity contribution < 1.29 is 18.9 Å². The molecule has 6 heteroatoms. The van der Waals surface area contributed by atoms with Gasteiger partial charge >= 0.3 is 0 Å². The highest BCUT2D eigenvalue weighted by atomic mass is 16.5. The van der Waals surface area contributed by atoms with Gasteiger partial charge in [0.1, 0.15) is 5.75 Å². The van der Waals surface area contributed by atoms with Gasteiger partial charge in [-0.3, -0.25) is 14.5 Å². The Hall–Kier alpha value is -3.67. The maximum absolute atomic E-state index is 13.2. The van der Waals surface area contributed by atoms with Crippen LogP contribution < -0.4 is 19.5 Å². The topological polar surface area (TPSA) is 62.5 Å². The molecule has 28 heavy (non-hydrogen) atoms. The normalized spacial score (nSPS) is 15.7. The monoisotopic (exact) mass is 374 g/mol. The predicted molar refractivity (Wildman–Crippen MR) is 105 cm³/mol. The molecular weight excluding hydrogens is 354 g/mol. The zero-order valence-electron chi connectivity index (χ0n) is 15.4. The second-order valence-corrected chi connectivity index (χ2v) is 6.47. The maximum atomic E-state index is 13.2. The number of rotatable bonds is 4. The second kappa shape index (κ2) is 7.52. The van der Waals surface area contributed by atoms with Gasteiger partial charge in [0.2, 0.25) is 18.3 Å². The molecule has 1 aliphatic heterocycles. The Balaban J connectivity index is 1.76. The first-order chi connectivity index (χ1) is 13.7. The third kappa shape index (κ3) is 3.32. The minimum atomic E-state index is -0.781. The summed E-state index contributed by atoms with van der Waals surface area (Å²) in [5.41, 5.74) is 2.09. The summed E-state index contributed by atoms with van der Waals surface area (Å²) in [7, 11) is 1.59. The molecule has 1 aromatic heterocycles. The van der Waals surface area contributed by atoms with E-state index in [0.717, 1.165) is 5.69 Å². The fourth-order valence-electron chi connectivity index (χ4n) is 3.40. The lowest BCUT2D eigenvalue weighted by atomic mass is 10.0. The van der Waals surface area contributed by atoms with Gasteiger partial charge in [-0.15, -0.1) is 0 Å². The SMILES string of the molecule is COc1ccc(N2C(=O)C[n+]3ccccc3C2C(=O)Nc2ccccc2)cc1. The van der Waals surface area contributed by atoms with E-state index in [2.05, 4.69) is 5.32 Å². The Morgan fingerprint density at radius 3 is 2.46 bits per heavy atom. The van der Waals surface area contributed by atoms with Crippen LogP contribution in [0.25, 0.3) is 0 Å². The van der Waals surface area contributed by atoms with Crippen LogP contribution in [0.5, 0.6) is 5.75 Å². The lowest BCUT2D eigenvalue weighted by Crippen LogP contribution is -2.58. The molecule has 0 saturated carbocycles. The average Bonchev–Trinajstić information content (AvgIpc) is 2.73. The zero-order valence-corrected chi connectivity index (χ0v) is 15.4. The first kappa shape index (κ1) is 17.7. The molecule has 4 rings (SSSR count). The number of carbonyl (C=O) groups excluding carboxylic acids is 2. The van der Waals surface area contributed by atoms with Gasteiger partial charge in [0.05, 0.1) is 7.11 Å². The summed E-state index contributed by atoms with van der Waals surface area (Å²) in [5.74, 6) is 0.269. The van der Waals surface area contributed by atoms with Gasteiger partial charge < -0.3 is 10.1 Å². The summed E-state index contributed by atoms with van der Waals surface area (Å²) in [6, 6.07) is 21.2. The number of fused-ring (bicyclic) bond motifs is 1. The van der Waals surface area contributed by atoms with Gasteiger partial charge in [0, 0.05) is 23.5 Å². The fourth-order valence-corrected chi connectivity index (χ4v) is 3.40. The molecule has 0 radical (unpaired) electrons. The summed E-state index contributed by atoms with van der Waals surface area (Å²) in [6.45, 7) is 0.178. The smallest absolute Gasteiger partial charge is 0.294 e. The van der Waals surface area contributed by atoms with Crippen molar-refractivity contribution in [3.8, 4) is 5.75 Å². The summed E-state index contributed by atoms with van der Waals surface area (Å²) in [5, 5.41) is 2.92. The van der Waals surface area contributed by atoms with Crippen molar-refractivity contribution >= 4 is 23.2 Å². The molecular formula is C22H20N3O3+. The molecule has 0 aliphatic carbocycles. The summed E-state index contributed by atoms with van der Waals surface area (Å²) in [6.07, 6.45) is 1.82. The highest BCUT2D eigenvalue weighted by Crippen LogP contribution is 2.31. The molecule has 1 atom stereocenters. The van der Waals surface area contributed by atoms with Gasteiger partial charge in [0.25, 0.3) is 11.8 Å². The van der Waals surface area contributed by atoms with E-state index >= 15 is 0 Å². The number of ether oxygens (including phenoxy) is 1. The predicted octanol–water partition coefficient (Wildman–Crippen LogP) is 2.71. The van der Waals surface area contributed by atoms with E-state index in [1.807, 2.05) is 59.3 Å². The number of methoxy groups -OCH3 is 1. The molecule has 1 aliphatic rings. The Bertz CT molecular complexity index is 1000. The van der Waals surface area contributed by atoms with Crippen LogP contribution in [0.4, 0.5) is 11.4 Å². The average molecular weight is 374 g/mol. The Kier molecular flexibility index (Phi) is 4.76. The highest BCUT2D eigenvalue weighted by molar-refractivity contribution is 6.05. The van der Waals surface area contributed by atoms with Gasteiger partial charge in [-0.1, -0.05) is 24.3 Å². The van der Waals surface area contributed by atoms with Gasteiger partial charge in [-0.2, -0.15) is 4.57 Å². The number of amides is 2. The molecule has 2 heterocycles. The van der Waals surface area contributed by atoms with Gasteiger partial charge in [0.15, 0.2) is 6.20 Å². The summed E-state index contributed by atoms with van der Waals surface area (Å²) >= 11 is 0. The summed E-state index contributed by atoms with van der Waals surface area (Å²) < 4.78 is 7.02. The van der Waals surface area contributed by atoms with Gasteiger partial charge in [-0.25, -0.2) is 0 Å². The number of anilines is 2. The van der Waals surface area contributed by atoms with Crippen LogP contribution in [0.15, 0.2) is 79.0 Å². The first-order valence-corrected chi connectivity index (χ1v) is 8.98. The molecule has 2 aromatic carbocycles.